The Hall–Kier alpha value is -1.63. The van der Waals surface area contributed by atoms with E-state index in [1.807, 2.05) is 11.0 Å². The van der Waals surface area contributed by atoms with Gasteiger partial charge in [0, 0.05) is 51.9 Å². The van der Waals surface area contributed by atoms with Crippen molar-refractivity contribution in [3.63, 3.8) is 0 Å². The number of urea groups is 1. The highest BCUT2D eigenvalue weighted by Gasteiger charge is 2.23. The standard InChI is InChI=1S/C19H31N5O/c1-16-18(14-21-22-16)8-5-9-20-19(25)24-12-10-23(11-13-24)15-17-6-3-2-4-7-17/h2-4,6-7,16,18,21-22H,5,8-15H2,1H3,(H,20,25). The molecule has 2 aliphatic rings. The first kappa shape index (κ1) is 18.2. The number of piperazine rings is 1. The third kappa shape index (κ3) is 5.42. The largest absolute Gasteiger partial charge is 0.338 e. The van der Waals surface area contributed by atoms with Crippen LogP contribution in [0.2, 0.25) is 0 Å². The number of benzene rings is 1. The van der Waals surface area contributed by atoms with E-state index in [0.717, 1.165) is 58.7 Å². The maximum absolute atomic E-state index is 12.3. The molecule has 0 aromatic heterocycles. The van der Waals surface area contributed by atoms with E-state index in [-0.39, 0.29) is 6.03 Å². The predicted molar refractivity (Wildman–Crippen MR) is 100 cm³/mol. The molecule has 2 atom stereocenters. The van der Waals surface area contributed by atoms with Gasteiger partial charge < -0.3 is 10.2 Å². The lowest BCUT2D eigenvalue weighted by molar-refractivity contribution is 0.135. The molecule has 3 rings (SSSR count). The molecule has 0 aliphatic carbocycles. The van der Waals surface area contributed by atoms with Crippen LogP contribution in [0.1, 0.15) is 25.3 Å². The summed E-state index contributed by atoms with van der Waals surface area (Å²) in [5.74, 6) is 0.665. The van der Waals surface area contributed by atoms with Gasteiger partial charge in [0.1, 0.15) is 0 Å². The number of rotatable bonds is 6. The molecule has 2 amide bonds. The Balaban J connectivity index is 1.30. The number of hydrogen-bond donors (Lipinski definition) is 3. The van der Waals surface area contributed by atoms with Gasteiger partial charge in [0.25, 0.3) is 0 Å². The van der Waals surface area contributed by atoms with Gasteiger partial charge in [-0.15, -0.1) is 0 Å². The molecule has 2 heterocycles. The molecular weight excluding hydrogens is 314 g/mol. The van der Waals surface area contributed by atoms with Gasteiger partial charge in [0.15, 0.2) is 0 Å². The van der Waals surface area contributed by atoms with E-state index in [2.05, 4.69) is 52.3 Å². The summed E-state index contributed by atoms with van der Waals surface area (Å²) in [6.07, 6.45) is 2.18. The second-order valence-electron chi connectivity index (χ2n) is 7.20. The minimum Gasteiger partial charge on any atom is -0.338 e. The zero-order valence-corrected chi connectivity index (χ0v) is 15.2. The molecule has 1 aromatic carbocycles. The zero-order chi connectivity index (χ0) is 17.5. The van der Waals surface area contributed by atoms with E-state index in [4.69, 9.17) is 0 Å². The summed E-state index contributed by atoms with van der Waals surface area (Å²) < 4.78 is 0. The summed E-state index contributed by atoms with van der Waals surface area (Å²) in [5, 5.41) is 3.08. The molecular formula is C19H31N5O. The Morgan fingerprint density at radius 2 is 1.96 bits per heavy atom. The Morgan fingerprint density at radius 1 is 1.20 bits per heavy atom. The van der Waals surface area contributed by atoms with Gasteiger partial charge in [-0.05, 0) is 31.2 Å². The van der Waals surface area contributed by atoms with Gasteiger partial charge in [0.2, 0.25) is 0 Å². The molecule has 0 radical (unpaired) electrons. The van der Waals surface area contributed by atoms with Crippen molar-refractivity contribution in [1.29, 1.82) is 0 Å². The van der Waals surface area contributed by atoms with Crippen LogP contribution in [0.5, 0.6) is 0 Å². The SMILES string of the molecule is CC1NNCC1CCCNC(=O)N1CCN(Cc2ccccc2)CC1. The van der Waals surface area contributed by atoms with Crippen LogP contribution in [0.3, 0.4) is 0 Å². The van der Waals surface area contributed by atoms with Crippen LogP contribution in [-0.2, 0) is 6.54 Å². The fraction of sp³-hybridized carbons (Fsp3) is 0.632. The van der Waals surface area contributed by atoms with Crippen molar-refractivity contribution in [2.24, 2.45) is 5.92 Å². The Labute approximate surface area is 150 Å². The summed E-state index contributed by atoms with van der Waals surface area (Å²) in [6.45, 7) is 8.48. The smallest absolute Gasteiger partial charge is 0.317 e. The summed E-state index contributed by atoms with van der Waals surface area (Å²) >= 11 is 0. The number of carbonyl (C=O) groups is 1. The normalized spacial score (nSPS) is 24.4. The van der Waals surface area contributed by atoms with Crippen LogP contribution in [0.25, 0.3) is 0 Å². The van der Waals surface area contributed by atoms with Crippen LogP contribution in [0, 0.1) is 5.92 Å². The Bertz CT molecular complexity index is 530. The topological polar surface area (TPSA) is 59.6 Å². The lowest BCUT2D eigenvalue weighted by Gasteiger charge is -2.34. The first-order valence-electron chi connectivity index (χ1n) is 9.50. The molecule has 138 valence electrons. The minimum atomic E-state index is 0.0927. The third-order valence-corrected chi connectivity index (χ3v) is 5.34. The maximum Gasteiger partial charge on any atom is 0.317 e. The van der Waals surface area contributed by atoms with Gasteiger partial charge in [0.05, 0.1) is 0 Å². The molecule has 6 nitrogen and oxygen atoms in total. The van der Waals surface area contributed by atoms with Gasteiger partial charge >= 0.3 is 6.03 Å². The zero-order valence-electron chi connectivity index (χ0n) is 15.2. The number of nitrogens with zero attached hydrogens (tertiary/aromatic N) is 2. The highest BCUT2D eigenvalue weighted by molar-refractivity contribution is 5.74. The van der Waals surface area contributed by atoms with E-state index in [1.165, 1.54) is 5.56 Å². The third-order valence-electron chi connectivity index (χ3n) is 5.34. The van der Waals surface area contributed by atoms with E-state index in [0.29, 0.717) is 12.0 Å². The van der Waals surface area contributed by atoms with E-state index >= 15 is 0 Å². The lowest BCUT2D eigenvalue weighted by Crippen LogP contribution is -2.51. The van der Waals surface area contributed by atoms with Gasteiger partial charge in [-0.1, -0.05) is 30.3 Å². The predicted octanol–water partition coefficient (Wildman–Crippen LogP) is 1.41. The average molecular weight is 345 g/mol. The molecule has 1 aromatic rings. The first-order valence-corrected chi connectivity index (χ1v) is 9.50. The van der Waals surface area contributed by atoms with Crippen molar-refractivity contribution in [2.75, 3.05) is 39.3 Å². The van der Waals surface area contributed by atoms with Crippen molar-refractivity contribution in [3.05, 3.63) is 35.9 Å². The monoisotopic (exact) mass is 345 g/mol. The van der Waals surface area contributed by atoms with Crippen molar-refractivity contribution >= 4 is 6.03 Å². The van der Waals surface area contributed by atoms with Crippen molar-refractivity contribution < 1.29 is 4.79 Å². The van der Waals surface area contributed by atoms with E-state index in [1.54, 1.807) is 0 Å². The second kappa shape index (κ2) is 9.17. The summed E-state index contributed by atoms with van der Waals surface area (Å²) in [6, 6.07) is 11.1. The molecule has 2 saturated heterocycles. The number of hydrogen-bond acceptors (Lipinski definition) is 4. The molecule has 3 N–H and O–H groups in total. The van der Waals surface area contributed by atoms with E-state index in [9.17, 15) is 4.79 Å². The van der Waals surface area contributed by atoms with Crippen LogP contribution in [0.15, 0.2) is 30.3 Å². The number of amides is 2. The molecule has 25 heavy (non-hydrogen) atoms. The van der Waals surface area contributed by atoms with Crippen molar-refractivity contribution in [2.45, 2.75) is 32.4 Å². The van der Waals surface area contributed by atoms with Crippen LogP contribution in [0.4, 0.5) is 4.79 Å². The Kier molecular flexibility index (Phi) is 6.67. The van der Waals surface area contributed by atoms with Crippen molar-refractivity contribution in [1.82, 2.24) is 26.0 Å². The summed E-state index contributed by atoms with van der Waals surface area (Å²) in [5.41, 5.74) is 7.78. The molecule has 2 unspecified atom stereocenters. The highest BCUT2D eigenvalue weighted by atomic mass is 16.2. The molecule has 6 heteroatoms. The van der Waals surface area contributed by atoms with Gasteiger partial charge in [-0.3, -0.25) is 15.8 Å². The fourth-order valence-electron chi connectivity index (χ4n) is 3.62. The van der Waals surface area contributed by atoms with Gasteiger partial charge in [-0.25, -0.2) is 4.79 Å². The van der Waals surface area contributed by atoms with Crippen LogP contribution >= 0.6 is 0 Å². The van der Waals surface area contributed by atoms with Crippen molar-refractivity contribution in [3.8, 4) is 0 Å². The average Bonchev–Trinajstić information content (AvgIpc) is 3.05. The summed E-state index contributed by atoms with van der Waals surface area (Å²) in [7, 11) is 0. The fourth-order valence-corrected chi connectivity index (χ4v) is 3.62. The highest BCUT2D eigenvalue weighted by Crippen LogP contribution is 2.13. The second-order valence-corrected chi connectivity index (χ2v) is 7.20. The quantitative estimate of drug-likeness (QED) is 0.682. The number of nitrogens with one attached hydrogen (secondary N) is 3. The first-order chi connectivity index (χ1) is 12.2. The molecule has 2 aliphatic heterocycles. The Morgan fingerprint density at radius 3 is 2.64 bits per heavy atom. The molecule has 2 fully saturated rings. The minimum absolute atomic E-state index is 0.0927. The van der Waals surface area contributed by atoms with E-state index < -0.39 is 0 Å². The summed E-state index contributed by atoms with van der Waals surface area (Å²) in [4.78, 5) is 16.7. The van der Waals surface area contributed by atoms with Crippen LogP contribution in [-0.4, -0.2) is 61.1 Å². The number of hydrazine groups is 1. The number of carbonyl (C=O) groups excluding carboxylic acids is 1. The maximum atomic E-state index is 12.3. The molecule has 0 bridgehead atoms. The van der Waals surface area contributed by atoms with Gasteiger partial charge in [-0.2, -0.15) is 0 Å². The lowest BCUT2D eigenvalue weighted by atomic mass is 9.98. The molecule has 0 spiro atoms. The molecule has 0 saturated carbocycles. The van der Waals surface area contributed by atoms with Crippen LogP contribution < -0.4 is 16.2 Å².